The van der Waals surface area contributed by atoms with Crippen LogP contribution >= 0.6 is 12.2 Å². The first-order valence-corrected chi connectivity index (χ1v) is 9.62. The minimum atomic E-state index is -1.88. The summed E-state index contributed by atoms with van der Waals surface area (Å²) >= 11 is 5.06. The van der Waals surface area contributed by atoms with E-state index in [9.17, 15) is 22.4 Å². The molecule has 2 aromatic carbocycles. The molecule has 0 bridgehead atoms. The lowest BCUT2D eigenvalue weighted by molar-refractivity contribution is 0.0966. The van der Waals surface area contributed by atoms with Gasteiger partial charge in [0, 0.05) is 13.1 Å². The minimum absolute atomic E-state index is 0.278. The van der Waals surface area contributed by atoms with E-state index in [-0.39, 0.29) is 5.11 Å². The number of hydrogen-bond acceptors (Lipinski definition) is 4. The van der Waals surface area contributed by atoms with E-state index in [0.29, 0.717) is 5.69 Å². The molecule has 0 unspecified atom stereocenters. The fourth-order valence-electron chi connectivity index (χ4n) is 3.30. The number of anilines is 2. The lowest BCUT2D eigenvalue weighted by atomic mass is 10.1. The van der Waals surface area contributed by atoms with Crippen molar-refractivity contribution in [2.45, 2.75) is 19.3 Å². The second-order valence-corrected chi connectivity index (χ2v) is 7.05. The van der Waals surface area contributed by atoms with Crippen LogP contribution in [0.5, 0.6) is 5.75 Å². The lowest BCUT2D eigenvalue weighted by Gasteiger charge is -2.30. The van der Waals surface area contributed by atoms with E-state index in [1.165, 1.54) is 0 Å². The molecule has 30 heavy (non-hydrogen) atoms. The minimum Gasteiger partial charge on any atom is -0.491 e. The van der Waals surface area contributed by atoms with Crippen molar-refractivity contribution in [3.8, 4) is 5.75 Å². The van der Waals surface area contributed by atoms with E-state index < -0.39 is 40.5 Å². The van der Waals surface area contributed by atoms with Crippen molar-refractivity contribution < 1.29 is 27.1 Å². The van der Waals surface area contributed by atoms with Gasteiger partial charge in [0.2, 0.25) is 11.6 Å². The van der Waals surface area contributed by atoms with Crippen molar-refractivity contribution in [1.82, 2.24) is 5.32 Å². The summed E-state index contributed by atoms with van der Waals surface area (Å²) in [5.74, 6) is -10.1. The van der Waals surface area contributed by atoms with Crippen LogP contribution in [0.4, 0.5) is 28.9 Å². The number of carbonyl (C=O) groups is 1. The van der Waals surface area contributed by atoms with Crippen molar-refractivity contribution in [1.29, 1.82) is 0 Å². The Balaban J connectivity index is 1.79. The molecule has 1 aliphatic rings. The zero-order valence-corrected chi connectivity index (χ0v) is 16.8. The maximum absolute atomic E-state index is 14.1. The summed E-state index contributed by atoms with van der Waals surface area (Å²) in [5, 5.41) is 4.58. The Morgan fingerprint density at radius 3 is 2.20 bits per heavy atom. The Labute approximate surface area is 176 Å². The normalized spacial score (nSPS) is 13.7. The van der Waals surface area contributed by atoms with Gasteiger partial charge in [-0.1, -0.05) is 12.1 Å². The van der Waals surface area contributed by atoms with E-state index in [1.807, 2.05) is 12.1 Å². The second kappa shape index (κ2) is 9.29. The molecule has 3 rings (SSSR count). The van der Waals surface area contributed by atoms with E-state index in [0.717, 1.165) is 45.1 Å². The molecule has 1 amide bonds. The highest BCUT2D eigenvalue weighted by atomic mass is 32.1. The SMILES string of the molecule is COc1c(F)c(F)c(C(=O)NC(=S)Nc2ccccc2N2CCCCC2)c(F)c1F. The Morgan fingerprint density at radius 2 is 1.60 bits per heavy atom. The zero-order valence-electron chi connectivity index (χ0n) is 16.0. The maximum Gasteiger partial charge on any atom is 0.263 e. The van der Waals surface area contributed by atoms with E-state index >= 15 is 0 Å². The van der Waals surface area contributed by atoms with Gasteiger partial charge in [-0.05, 0) is 43.6 Å². The highest BCUT2D eigenvalue weighted by Crippen LogP contribution is 2.30. The Bertz CT molecular complexity index is 952. The Hall–Kier alpha value is -2.88. The van der Waals surface area contributed by atoms with Gasteiger partial charge in [-0.15, -0.1) is 0 Å². The van der Waals surface area contributed by atoms with Gasteiger partial charge in [0.05, 0.1) is 18.5 Å². The Morgan fingerprint density at radius 1 is 1.00 bits per heavy atom. The summed E-state index contributed by atoms with van der Waals surface area (Å²) in [6, 6.07) is 7.22. The molecule has 0 spiro atoms. The van der Waals surface area contributed by atoms with Crippen LogP contribution in [0.15, 0.2) is 24.3 Å². The molecular weight excluding hydrogens is 422 g/mol. The molecule has 1 heterocycles. The number of carbonyl (C=O) groups excluding carboxylic acids is 1. The molecule has 0 aromatic heterocycles. The van der Waals surface area contributed by atoms with Gasteiger partial charge in [-0.3, -0.25) is 10.1 Å². The quantitative estimate of drug-likeness (QED) is 0.419. The summed E-state index contributed by atoms with van der Waals surface area (Å²) in [5.41, 5.74) is 0.00435. The number of methoxy groups -OCH3 is 1. The first-order chi connectivity index (χ1) is 14.3. The van der Waals surface area contributed by atoms with Gasteiger partial charge in [-0.25, -0.2) is 8.78 Å². The van der Waals surface area contributed by atoms with Crippen molar-refractivity contribution >= 4 is 34.6 Å². The third kappa shape index (κ3) is 4.33. The average molecular weight is 441 g/mol. The summed E-state index contributed by atoms with van der Waals surface area (Å²) in [6.07, 6.45) is 3.23. The van der Waals surface area contributed by atoms with Crippen molar-refractivity contribution in [2.75, 3.05) is 30.4 Å². The number of hydrogen-bond donors (Lipinski definition) is 2. The number of piperidine rings is 1. The summed E-state index contributed by atoms with van der Waals surface area (Å²) in [4.78, 5) is 14.4. The van der Waals surface area contributed by atoms with Gasteiger partial charge in [0.25, 0.3) is 5.91 Å². The molecule has 1 fully saturated rings. The lowest BCUT2D eigenvalue weighted by Crippen LogP contribution is -2.36. The van der Waals surface area contributed by atoms with Crippen LogP contribution < -0.4 is 20.3 Å². The number of halogens is 4. The van der Waals surface area contributed by atoms with Crippen molar-refractivity contribution in [3.05, 3.63) is 53.1 Å². The molecule has 0 saturated carbocycles. The van der Waals surface area contributed by atoms with Gasteiger partial charge in [0.1, 0.15) is 5.56 Å². The third-order valence-corrected chi connectivity index (χ3v) is 4.93. The van der Waals surface area contributed by atoms with E-state index in [1.54, 1.807) is 12.1 Å². The topological polar surface area (TPSA) is 53.6 Å². The smallest absolute Gasteiger partial charge is 0.263 e. The number of nitrogens with one attached hydrogen (secondary N) is 2. The zero-order chi connectivity index (χ0) is 21.8. The molecule has 10 heteroatoms. The summed E-state index contributed by atoms with van der Waals surface area (Å²) in [6.45, 7) is 1.72. The van der Waals surface area contributed by atoms with Crippen LogP contribution in [0.3, 0.4) is 0 Å². The van der Waals surface area contributed by atoms with Gasteiger partial charge in [0.15, 0.2) is 22.5 Å². The van der Waals surface area contributed by atoms with Crippen LogP contribution in [-0.4, -0.2) is 31.2 Å². The van der Waals surface area contributed by atoms with Crippen LogP contribution in [-0.2, 0) is 0 Å². The molecule has 5 nitrogen and oxygen atoms in total. The molecule has 0 radical (unpaired) electrons. The van der Waals surface area contributed by atoms with Gasteiger partial charge < -0.3 is 15.0 Å². The molecule has 160 valence electrons. The number of rotatable bonds is 4. The summed E-state index contributed by atoms with van der Waals surface area (Å²) < 4.78 is 60.3. The first-order valence-electron chi connectivity index (χ1n) is 9.21. The highest BCUT2D eigenvalue weighted by Gasteiger charge is 2.30. The van der Waals surface area contributed by atoms with Gasteiger partial charge >= 0.3 is 0 Å². The number of ether oxygens (including phenoxy) is 1. The Kier molecular flexibility index (Phi) is 6.76. The van der Waals surface area contributed by atoms with E-state index in [4.69, 9.17) is 12.2 Å². The molecular formula is C20H19F4N3O2S. The third-order valence-electron chi connectivity index (χ3n) is 4.73. The second-order valence-electron chi connectivity index (χ2n) is 6.64. The number of benzene rings is 2. The van der Waals surface area contributed by atoms with Crippen molar-refractivity contribution in [2.24, 2.45) is 0 Å². The van der Waals surface area contributed by atoms with Gasteiger partial charge in [-0.2, -0.15) is 8.78 Å². The molecule has 1 saturated heterocycles. The monoisotopic (exact) mass is 441 g/mol. The number of para-hydroxylation sites is 2. The highest BCUT2D eigenvalue weighted by molar-refractivity contribution is 7.80. The largest absolute Gasteiger partial charge is 0.491 e. The van der Waals surface area contributed by atoms with Crippen LogP contribution in [0.2, 0.25) is 0 Å². The van der Waals surface area contributed by atoms with Crippen LogP contribution in [0, 0.1) is 23.3 Å². The first kappa shape index (κ1) is 21.8. The molecule has 2 N–H and O–H groups in total. The van der Waals surface area contributed by atoms with Crippen molar-refractivity contribution in [3.63, 3.8) is 0 Å². The van der Waals surface area contributed by atoms with Crippen LogP contribution in [0.1, 0.15) is 29.6 Å². The molecule has 2 aromatic rings. The molecule has 0 aliphatic carbocycles. The number of nitrogens with zero attached hydrogens (tertiary/aromatic N) is 1. The summed E-state index contributed by atoms with van der Waals surface area (Å²) in [7, 11) is 0.846. The van der Waals surface area contributed by atoms with Crippen LogP contribution in [0.25, 0.3) is 0 Å². The number of amides is 1. The fourth-order valence-corrected chi connectivity index (χ4v) is 3.50. The predicted octanol–water partition coefficient (Wildman–Crippen LogP) is 4.37. The molecule has 1 aliphatic heterocycles. The fraction of sp³-hybridized carbons (Fsp3) is 0.300. The average Bonchev–Trinajstić information content (AvgIpc) is 2.74. The number of thiocarbonyl (C=S) groups is 1. The standard InChI is InChI=1S/C20H19F4N3O2S/c1-29-18-16(23)14(21)13(15(22)17(18)24)19(28)26-20(30)25-11-7-3-4-8-12(11)27-9-5-2-6-10-27/h3-4,7-8H,2,5-6,9-10H2,1H3,(H2,25,26,28,30). The molecule has 0 atom stereocenters. The maximum atomic E-state index is 14.1. The predicted molar refractivity (Wildman–Crippen MR) is 109 cm³/mol. The van der Waals surface area contributed by atoms with E-state index in [2.05, 4.69) is 20.3 Å².